The second-order valence-electron chi connectivity index (χ2n) is 9.61. The van der Waals surface area contributed by atoms with E-state index in [-0.39, 0.29) is 41.3 Å². The zero-order valence-corrected chi connectivity index (χ0v) is 21.2. The van der Waals surface area contributed by atoms with E-state index in [1.54, 1.807) is 35.4 Å². The van der Waals surface area contributed by atoms with Gasteiger partial charge in [0.25, 0.3) is 0 Å². The number of pyridine rings is 1. The molecule has 1 saturated heterocycles. The third-order valence-corrected chi connectivity index (χ3v) is 8.71. The summed E-state index contributed by atoms with van der Waals surface area (Å²) in [6.45, 7) is 0.433. The molecule has 1 saturated carbocycles. The first-order chi connectivity index (χ1) is 17.9. The van der Waals surface area contributed by atoms with Gasteiger partial charge in [0, 0.05) is 30.3 Å². The lowest BCUT2D eigenvalue weighted by molar-refractivity contribution is -0.145. The molecule has 2 aromatic carbocycles. The average Bonchev–Trinajstić information content (AvgIpc) is 2.94. The lowest BCUT2D eigenvalue weighted by Crippen LogP contribution is -2.54. The van der Waals surface area contributed by atoms with E-state index in [0.717, 1.165) is 16.8 Å². The van der Waals surface area contributed by atoms with Crippen molar-refractivity contribution < 1.29 is 18.0 Å². The average molecular weight is 519 g/mol. The number of benzene rings is 2. The Morgan fingerprint density at radius 3 is 2.30 bits per heavy atom. The number of hydrogen-bond acceptors (Lipinski definition) is 5. The van der Waals surface area contributed by atoms with Crippen LogP contribution in [0.15, 0.2) is 83.9 Å². The van der Waals surface area contributed by atoms with E-state index in [9.17, 15) is 18.0 Å². The summed E-state index contributed by atoms with van der Waals surface area (Å²) in [5.74, 6) is -0.415. The molecular formula is C28H30N4O4S. The number of aromatic nitrogens is 1. The molecule has 1 unspecified atom stereocenters. The Morgan fingerprint density at radius 2 is 1.62 bits per heavy atom. The van der Waals surface area contributed by atoms with E-state index in [0.29, 0.717) is 32.2 Å². The number of sulfonamides is 1. The summed E-state index contributed by atoms with van der Waals surface area (Å²) >= 11 is 0. The van der Waals surface area contributed by atoms with Gasteiger partial charge in [-0.3, -0.25) is 14.6 Å². The van der Waals surface area contributed by atoms with Gasteiger partial charge in [-0.25, -0.2) is 13.1 Å². The Balaban J connectivity index is 1.20. The maximum absolute atomic E-state index is 13.4. The fraction of sp³-hybridized carbons (Fsp3) is 0.321. The van der Waals surface area contributed by atoms with Gasteiger partial charge in [-0.15, -0.1) is 0 Å². The molecule has 1 atom stereocenters. The monoisotopic (exact) mass is 518 g/mol. The van der Waals surface area contributed by atoms with Crippen LogP contribution in [0, 0.1) is 5.92 Å². The summed E-state index contributed by atoms with van der Waals surface area (Å²) in [5, 5.41) is 2.87. The van der Waals surface area contributed by atoms with Crippen LogP contribution in [0.5, 0.6) is 0 Å². The van der Waals surface area contributed by atoms with Gasteiger partial charge in [-0.05, 0) is 55.5 Å². The molecule has 2 heterocycles. The topological polar surface area (TPSA) is 108 Å². The zero-order valence-electron chi connectivity index (χ0n) is 20.4. The van der Waals surface area contributed by atoms with Gasteiger partial charge >= 0.3 is 0 Å². The normalized spacial score (nSPS) is 22.3. The third kappa shape index (κ3) is 5.73. The number of hydrogen-bond donors (Lipinski definition) is 2. The van der Waals surface area contributed by atoms with Crippen molar-refractivity contribution in [2.24, 2.45) is 5.92 Å². The number of nitrogens with one attached hydrogen (secondary N) is 2. The van der Waals surface area contributed by atoms with Gasteiger partial charge in [0.15, 0.2) is 0 Å². The van der Waals surface area contributed by atoms with Gasteiger partial charge in [0.1, 0.15) is 6.54 Å². The second kappa shape index (κ2) is 10.8. The molecule has 9 heteroatoms. The first-order valence-corrected chi connectivity index (χ1v) is 14.0. The summed E-state index contributed by atoms with van der Waals surface area (Å²) in [6, 6.07) is 21.6. The predicted octanol–water partition coefficient (Wildman–Crippen LogP) is 3.29. The lowest BCUT2D eigenvalue weighted by atomic mass is 9.85. The minimum Gasteiger partial charge on any atom is -0.352 e. The first kappa shape index (κ1) is 25.1. The summed E-state index contributed by atoms with van der Waals surface area (Å²) in [4.78, 5) is 31.7. The van der Waals surface area contributed by atoms with Gasteiger partial charge in [0.2, 0.25) is 21.8 Å². The molecule has 1 aromatic heterocycles. The molecule has 8 nitrogen and oxygen atoms in total. The summed E-state index contributed by atoms with van der Waals surface area (Å²) in [5.41, 5.74) is 2.62. The maximum atomic E-state index is 13.4. The second-order valence-corrected chi connectivity index (χ2v) is 11.3. The molecule has 0 bridgehead atoms. The van der Waals surface area contributed by atoms with E-state index in [1.165, 1.54) is 0 Å². The highest BCUT2D eigenvalue weighted by molar-refractivity contribution is 7.89. The van der Waals surface area contributed by atoms with Crippen LogP contribution in [0.1, 0.15) is 37.3 Å². The quantitative estimate of drug-likeness (QED) is 0.521. The molecule has 0 spiro atoms. The van der Waals surface area contributed by atoms with Crippen molar-refractivity contribution in [3.63, 3.8) is 0 Å². The molecule has 2 aliphatic rings. The molecule has 2 N–H and O–H groups in total. The Labute approximate surface area is 217 Å². The maximum Gasteiger partial charge on any atom is 0.240 e. The number of rotatable bonds is 6. The Bertz CT molecular complexity index is 1340. The van der Waals surface area contributed by atoms with Crippen LogP contribution >= 0.6 is 0 Å². The lowest BCUT2D eigenvalue weighted by Gasteiger charge is -2.39. The summed E-state index contributed by atoms with van der Waals surface area (Å²) in [6.07, 6.45) is 3.98. The summed E-state index contributed by atoms with van der Waals surface area (Å²) < 4.78 is 28.8. The number of carbonyl (C=O) groups excluding carboxylic acids is 2. The molecule has 37 heavy (non-hydrogen) atoms. The van der Waals surface area contributed by atoms with E-state index in [2.05, 4.69) is 15.0 Å². The smallest absolute Gasteiger partial charge is 0.240 e. The van der Waals surface area contributed by atoms with Gasteiger partial charge < -0.3 is 10.2 Å². The van der Waals surface area contributed by atoms with Gasteiger partial charge in [0.05, 0.1) is 16.6 Å². The molecule has 5 rings (SSSR count). The molecule has 1 aliphatic heterocycles. The van der Waals surface area contributed by atoms with Crippen LogP contribution in [-0.4, -0.2) is 49.2 Å². The standard InChI is InChI=1S/C28H30N4O4S/c33-27-19-32(26(18-30-27)21-6-2-1-3-7-21)28(34)22-9-13-23(14-10-22)31-37(35,36)24-15-11-20(12-16-24)25-8-4-5-17-29-25/h1-8,11-12,15-17,22-23,26,31H,9-10,13-14,18-19H2,(H,30,33). The molecule has 3 aromatic rings. The van der Waals surface area contributed by atoms with Crippen molar-refractivity contribution >= 4 is 21.8 Å². The number of piperazine rings is 1. The highest BCUT2D eigenvalue weighted by atomic mass is 32.2. The fourth-order valence-corrected chi connectivity index (χ4v) is 6.47. The third-order valence-electron chi connectivity index (χ3n) is 7.17. The van der Waals surface area contributed by atoms with Crippen molar-refractivity contribution in [1.82, 2.24) is 19.9 Å². The Kier molecular flexibility index (Phi) is 7.34. The van der Waals surface area contributed by atoms with Crippen molar-refractivity contribution in [2.75, 3.05) is 13.1 Å². The van der Waals surface area contributed by atoms with Crippen LogP contribution in [0.25, 0.3) is 11.3 Å². The SMILES string of the molecule is O=C1CN(C(=O)C2CCC(NS(=O)(=O)c3ccc(-c4ccccn4)cc3)CC2)C(c2ccccc2)CN1. The minimum atomic E-state index is -3.69. The molecule has 2 fully saturated rings. The first-order valence-electron chi connectivity index (χ1n) is 12.6. The van der Waals surface area contributed by atoms with E-state index in [4.69, 9.17) is 0 Å². The molecule has 1 aliphatic carbocycles. The highest BCUT2D eigenvalue weighted by Crippen LogP contribution is 2.31. The van der Waals surface area contributed by atoms with Gasteiger partial charge in [-0.2, -0.15) is 0 Å². The van der Waals surface area contributed by atoms with Crippen molar-refractivity contribution in [3.05, 3.63) is 84.6 Å². The number of carbonyl (C=O) groups is 2. The van der Waals surface area contributed by atoms with Crippen molar-refractivity contribution in [2.45, 2.75) is 42.7 Å². The zero-order chi connectivity index (χ0) is 25.8. The Hall–Kier alpha value is -3.56. The van der Waals surface area contributed by atoms with E-state index in [1.807, 2.05) is 48.5 Å². The van der Waals surface area contributed by atoms with Crippen LogP contribution in [0.4, 0.5) is 0 Å². The van der Waals surface area contributed by atoms with Crippen LogP contribution in [0.3, 0.4) is 0 Å². The minimum absolute atomic E-state index is 0.0323. The van der Waals surface area contributed by atoms with Crippen molar-refractivity contribution in [3.8, 4) is 11.3 Å². The molecule has 0 radical (unpaired) electrons. The largest absolute Gasteiger partial charge is 0.352 e. The van der Waals surface area contributed by atoms with E-state index >= 15 is 0 Å². The fourth-order valence-electron chi connectivity index (χ4n) is 5.16. The van der Waals surface area contributed by atoms with Crippen molar-refractivity contribution in [1.29, 1.82) is 0 Å². The molecule has 192 valence electrons. The van der Waals surface area contributed by atoms with E-state index < -0.39 is 10.0 Å². The highest BCUT2D eigenvalue weighted by Gasteiger charge is 2.37. The molecular weight excluding hydrogens is 488 g/mol. The summed E-state index contributed by atoms with van der Waals surface area (Å²) in [7, 11) is -3.69. The molecule has 2 amide bonds. The van der Waals surface area contributed by atoms with Crippen LogP contribution < -0.4 is 10.0 Å². The Morgan fingerprint density at radius 1 is 0.919 bits per heavy atom. The number of nitrogens with zero attached hydrogens (tertiary/aromatic N) is 2. The van der Waals surface area contributed by atoms with Gasteiger partial charge in [-0.1, -0.05) is 48.5 Å². The number of amides is 2. The predicted molar refractivity (Wildman–Crippen MR) is 140 cm³/mol. The van der Waals surface area contributed by atoms with Crippen LogP contribution in [-0.2, 0) is 19.6 Å². The van der Waals surface area contributed by atoms with Crippen LogP contribution in [0.2, 0.25) is 0 Å².